The molecular weight excluding hydrogens is 194 g/mol. The molecular formula is C10H19N3O2. The fourth-order valence-corrected chi connectivity index (χ4v) is 1.11. The van der Waals surface area contributed by atoms with Crippen molar-refractivity contribution in [2.75, 3.05) is 39.9 Å². The molecule has 0 fully saturated rings. The first-order chi connectivity index (χ1) is 7.24. The van der Waals surface area contributed by atoms with Crippen molar-refractivity contribution in [3.63, 3.8) is 0 Å². The number of methoxy groups -OCH3 is 1. The van der Waals surface area contributed by atoms with E-state index in [0.717, 1.165) is 6.54 Å². The Kier molecular flexibility index (Phi) is 8.73. The van der Waals surface area contributed by atoms with Gasteiger partial charge in [-0.15, -0.1) is 0 Å². The van der Waals surface area contributed by atoms with E-state index in [4.69, 9.17) is 10.00 Å². The topological polar surface area (TPSA) is 65.4 Å². The molecule has 0 aromatic rings. The Labute approximate surface area is 91.0 Å². The van der Waals surface area contributed by atoms with Crippen molar-refractivity contribution in [3.8, 4) is 6.07 Å². The van der Waals surface area contributed by atoms with Crippen molar-refractivity contribution in [2.24, 2.45) is 0 Å². The van der Waals surface area contributed by atoms with E-state index in [9.17, 15) is 4.79 Å². The summed E-state index contributed by atoms with van der Waals surface area (Å²) < 4.78 is 4.82. The minimum Gasteiger partial charge on any atom is -0.383 e. The smallest absolute Gasteiger partial charge is 0.234 e. The standard InChI is InChI=1S/C10H19N3O2/c1-3-13(7-4-5-11)9-10(14)12-6-8-15-2/h3-4,6-9H2,1-2H3,(H,12,14). The monoisotopic (exact) mass is 213 g/mol. The molecule has 86 valence electrons. The van der Waals surface area contributed by atoms with Gasteiger partial charge in [0.2, 0.25) is 5.91 Å². The van der Waals surface area contributed by atoms with Gasteiger partial charge in [0.1, 0.15) is 0 Å². The Hall–Kier alpha value is -1.12. The van der Waals surface area contributed by atoms with Crippen molar-refractivity contribution in [1.29, 1.82) is 5.26 Å². The van der Waals surface area contributed by atoms with Crippen molar-refractivity contribution >= 4 is 5.91 Å². The van der Waals surface area contributed by atoms with Crippen LogP contribution in [0.5, 0.6) is 0 Å². The van der Waals surface area contributed by atoms with Crippen LogP contribution in [0.15, 0.2) is 0 Å². The van der Waals surface area contributed by atoms with Crippen LogP contribution in [0.25, 0.3) is 0 Å². The van der Waals surface area contributed by atoms with Crippen LogP contribution in [0.3, 0.4) is 0 Å². The van der Waals surface area contributed by atoms with Gasteiger partial charge >= 0.3 is 0 Å². The van der Waals surface area contributed by atoms with E-state index in [0.29, 0.717) is 32.7 Å². The van der Waals surface area contributed by atoms with Crippen LogP contribution in [-0.4, -0.2) is 50.7 Å². The second kappa shape index (κ2) is 9.44. The molecule has 0 saturated heterocycles. The summed E-state index contributed by atoms with van der Waals surface area (Å²) in [6.45, 7) is 4.80. The second-order valence-electron chi connectivity index (χ2n) is 3.12. The second-order valence-corrected chi connectivity index (χ2v) is 3.12. The van der Waals surface area contributed by atoms with E-state index in [1.807, 2.05) is 11.8 Å². The van der Waals surface area contributed by atoms with Gasteiger partial charge in [0.25, 0.3) is 0 Å². The number of ether oxygens (including phenoxy) is 1. The van der Waals surface area contributed by atoms with Crippen LogP contribution in [-0.2, 0) is 9.53 Å². The molecule has 1 N–H and O–H groups in total. The highest BCUT2D eigenvalue weighted by Gasteiger charge is 2.07. The summed E-state index contributed by atoms with van der Waals surface area (Å²) in [5.74, 6) is -0.0214. The van der Waals surface area contributed by atoms with Gasteiger partial charge in [0.15, 0.2) is 0 Å². The average molecular weight is 213 g/mol. The van der Waals surface area contributed by atoms with Crippen LogP contribution < -0.4 is 5.32 Å². The Morgan fingerprint density at radius 1 is 1.60 bits per heavy atom. The number of likely N-dealkylation sites (N-methyl/N-ethyl adjacent to an activating group) is 1. The average Bonchev–Trinajstić information content (AvgIpc) is 2.24. The van der Waals surface area contributed by atoms with Crippen LogP contribution in [0, 0.1) is 11.3 Å². The lowest BCUT2D eigenvalue weighted by molar-refractivity contribution is -0.122. The molecule has 0 atom stereocenters. The molecule has 5 heteroatoms. The molecule has 0 saturated carbocycles. The van der Waals surface area contributed by atoms with Gasteiger partial charge in [-0.3, -0.25) is 9.69 Å². The van der Waals surface area contributed by atoms with Crippen LogP contribution >= 0.6 is 0 Å². The minimum absolute atomic E-state index is 0.0214. The summed E-state index contributed by atoms with van der Waals surface area (Å²) in [7, 11) is 1.59. The molecule has 0 aliphatic rings. The summed E-state index contributed by atoms with van der Waals surface area (Å²) in [5, 5.41) is 11.2. The number of amides is 1. The van der Waals surface area contributed by atoms with Gasteiger partial charge in [-0.25, -0.2) is 0 Å². The molecule has 0 unspecified atom stereocenters. The van der Waals surface area contributed by atoms with Gasteiger partial charge in [0.05, 0.1) is 19.2 Å². The zero-order chi connectivity index (χ0) is 11.5. The van der Waals surface area contributed by atoms with E-state index in [2.05, 4.69) is 11.4 Å². The summed E-state index contributed by atoms with van der Waals surface area (Å²) in [6.07, 6.45) is 0.458. The third-order valence-corrected chi connectivity index (χ3v) is 1.98. The number of hydrogen-bond acceptors (Lipinski definition) is 4. The van der Waals surface area contributed by atoms with Gasteiger partial charge < -0.3 is 10.1 Å². The molecule has 15 heavy (non-hydrogen) atoms. The maximum atomic E-state index is 11.4. The fourth-order valence-electron chi connectivity index (χ4n) is 1.11. The minimum atomic E-state index is -0.0214. The summed E-state index contributed by atoms with van der Waals surface area (Å²) in [4.78, 5) is 13.3. The molecule has 0 bridgehead atoms. The quantitative estimate of drug-likeness (QED) is 0.576. The molecule has 1 amide bonds. The molecule has 0 spiro atoms. The molecule has 0 aliphatic heterocycles. The predicted octanol–water partition coefficient (Wildman–Crippen LogP) is -0.0154. The number of rotatable bonds is 8. The first-order valence-electron chi connectivity index (χ1n) is 5.09. The molecule has 5 nitrogen and oxygen atoms in total. The van der Waals surface area contributed by atoms with E-state index in [1.165, 1.54) is 0 Å². The normalized spacial score (nSPS) is 10.0. The van der Waals surface area contributed by atoms with Crippen LogP contribution in [0.4, 0.5) is 0 Å². The van der Waals surface area contributed by atoms with Crippen molar-refractivity contribution in [2.45, 2.75) is 13.3 Å². The number of nitriles is 1. The van der Waals surface area contributed by atoms with E-state index >= 15 is 0 Å². The third-order valence-electron chi connectivity index (χ3n) is 1.98. The number of hydrogen-bond donors (Lipinski definition) is 1. The third kappa shape index (κ3) is 7.91. The molecule has 0 aliphatic carbocycles. The Bertz CT molecular complexity index is 213. The lowest BCUT2D eigenvalue weighted by Gasteiger charge is -2.17. The molecule has 0 aromatic carbocycles. The highest BCUT2D eigenvalue weighted by molar-refractivity contribution is 5.77. The van der Waals surface area contributed by atoms with Gasteiger partial charge in [-0.1, -0.05) is 6.92 Å². The SMILES string of the molecule is CCN(CCC#N)CC(=O)NCCOC. The van der Waals surface area contributed by atoms with Crippen LogP contribution in [0.2, 0.25) is 0 Å². The first-order valence-corrected chi connectivity index (χ1v) is 5.09. The van der Waals surface area contributed by atoms with Crippen molar-refractivity contribution < 1.29 is 9.53 Å². The fraction of sp³-hybridized carbons (Fsp3) is 0.800. The number of carbonyl (C=O) groups excluding carboxylic acids is 1. The zero-order valence-corrected chi connectivity index (χ0v) is 9.45. The molecule has 0 heterocycles. The van der Waals surface area contributed by atoms with Crippen LogP contribution in [0.1, 0.15) is 13.3 Å². The van der Waals surface area contributed by atoms with Gasteiger partial charge in [-0.2, -0.15) is 5.26 Å². The zero-order valence-electron chi connectivity index (χ0n) is 9.45. The van der Waals surface area contributed by atoms with Gasteiger partial charge in [-0.05, 0) is 6.54 Å². The largest absolute Gasteiger partial charge is 0.383 e. The maximum absolute atomic E-state index is 11.4. The first kappa shape index (κ1) is 13.9. The number of carbonyl (C=O) groups is 1. The van der Waals surface area contributed by atoms with E-state index < -0.39 is 0 Å². The highest BCUT2D eigenvalue weighted by atomic mass is 16.5. The lowest BCUT2D eigenvalue weighted by Crippen LogP contribution is -2.38. The Morgan fingerprint density at radius 2 is 2.33 bits per heavy atom. The maximum Gasteiger partial charge on any atom is 0.234 e. The van der Waals surface area contributed by atoms with Gasteiger partial charge in [0, 0.05) is 26.6 Å². The van der Waals surface area contributed by atoms with E-state index in [1.54, 1.807) is 7.11 Å². The molecule has 0 aromatic heterocycles. The Morgan fingerprint density at radius 3 is 2.87 bits per heavy atom. The predicted molar refractivity (Wildman–Crippen MR) is 57.2 cm³/mol. The highest BCUT2D eigenvalue weighted by Crippen LogP contribution is 1.89. The molecule has 0 radical (unpaired) electrons. The number of nitrogens with zero attached hydrogens (tertiary/aromatic N) is 2. The van der Waals surface area contributed by atoms with E-state index in [-0.39, 0.29) is 5.91 Å². The summed E-state index contributed by atoms with van der Waals surface area (Å²) in [6, 6.07) is 2.06. The molecule has 0 rings (SSSR count). The Balaban J connectivity index is 3.66. The summed E-state index contributed by atoms with van der Waals surface area (Å²) in [5.41, 5.74) is 0. The number of nitrogens with one attached hydrogen (secondary N) is 1. The van der Waals surface area contributed by atoms with Crippen molar-refractivity contribution in [1.82, 2.24) is 10.2 Å². The van der Waals surface area contributed by atoms with Crippen molar-refractivity contribution in [3.05, 3.63) is 0 Å². The summed E-state index contributed by atoms with van der Waals surface area (Å²) >= 11 is 0. The lowest BCUT2D eigenvalue weighted by atomic mass is 10.4.